The summed E-state index contributed by atoms with van der Waals surface area (Å²) < 4.78 is 33.8. The first-order valence-electron chi connectivity index (χ1n) is 4.64. The maximum atomic E-state index is 12.0. The highest BCUT2D eigenvalue weighted by atomic mass is 35.5. The van der Waals surface area contributed by atoms with Gasteiger partial charge in [0.05, 0.1) is 0 Å². The van der Waals surface area contributed by atoms with Crippen LogP contribution in [0.3, 0.4) is 0 Å². The van der Waals surface area contributed by atoms with Crippen LogP contribution in [0.4, 0.5) is 13.2 Å². The SMILES string of the molecule is CC(C)(C(Cl)CCC(F)(F)F)C(Cl)(Cl)C(=O)O. The van der Waals surface area contributed by atoms with Crippen molar-refractivity contribution in [2.24, 2.45) is 5.41 Å². The normalized spacial score (nSPS) is 15.8. The Morgan fingerprint density at radius 3 is 2.00 bits per heavy atom. The Kier molecular flexibility index (Phi) is 5.45. The summed E-state index contributed by atoms with van der Waals surface area (Å²) in [5, 5.41) is 7.69. The van der Waals surface area contributed by atoms with E-state index in [9.17, 15) is 18.0 Å². The summed E-state index contributed by atoms with van der Waals surface area (Å²) in [4.78, 5) is 10.8. The largest absolute Gasteiger partial charge is 0.479 e. The zero-order chi connectivity index (χ0) is 14.1. The Balaban J connectivity index is 4.77. The lowest BCUT2D eigenvalue weighted by Crippen LogP contribution is -2.47. The van der Waals surface area contributed by atoms with Crippen LogP contribution in [0.1, 0.15) is 26.7 Å². The van der Waals surface area contributed by atoms with E-state index in [1.807, 2.05) is 0 Å². The molecule has 0 aliphatic rings. The van der Waals surface area contributed by atoms with Gasteiger partial charge in [-0.2, -0.15) is 13.2 Å². The summed E-state index contributed by atoms with van der Waals surface area (Å²) >= 11 is 17.0. The van der Waals surface area contributed by atoms with Crippen LogP contribution in [0, 0.1) is 5.41 Å². The van der Waals surface area contributed by atoms with Gasteiger partial charge in [0, 0.05) is 17.2 Å². The fourth-order valence-corrected chi connectivity index (χ4v) is 1.77. The third-order valence-electron chi connectivity index (χ3n) is 2.54. The maximum absolute atomic E-state index is 12.0. The third kappa shape index (κ3) is 4.38. The van der Waals surface area contributed by atoms with Crippen LogP contribution >= 0.6 is 34.8 Å². The molecule has 0 rings (SSSR count). The zero-order valence-corrected chi connectivity index (χ0v) is 11.4. The van der Waals surface area contributed by atoms with E-state index in [2.05, 4.69) is 0 Å². The van der Waals surface area contributed by atoms with E-state index in [0.29, 0.717) is 0 Å². The highest BCUT2D eigenvalue weighted by Gasteiger charge is 2.53. The number of carbonyl (C=O) groups is 1. The summed E-state index contributed by atoms with van der Waals surface area (Å²) in [6.07, 6.45) is -5.92. The molecule has 0 aromatic heterocycles. The quantitative estimate of drug-likeness (QED) is 0.771. The van der Waals surface area contributed by atoms with Crippen LogP contribution in [0.25, 0.3) is 0 Å². The van der Waals surface area contributed by atoms with Crippen LogP contribution in [0.15, 0.2) is 0 Å². The molecule has 0 aliphatic heterocycles. The molecule has 0 aromatic carbocycles. The van der Waals surface area contributed by atoms with Gasteiger partial charge in [-0.25, -0.2) is 4.79 Å². The van der Waals surface area contributed by atoms with Gasteiger partial charge in [0.25, 0.3) is 0 Å². The van der Waals surface area contributed by atoms with Crippen molar-refractivity contribution in [2.45, 2.75) is 42.6 Å². The van der Waals surface area contributed by atoms with Gasteiger partial charge in [0.2, 0.25) is 4.33 Å². The molecular weight excluding hydrogens is 303 g/mol. The summed E-state index contributed by atoms with van der Waals surface area (Å²) in [5.74, 6) is -1.54. The maximum Gasteiger partial charge on any atom is 0.389 e. The lowest BCUT2D eigenvalue weighted by Gasteiger charge is -2.37. The molecular formula is C9H12Cl3F3O2. The van der Waals surface area contributed by atoms with Crippen LogP contribution < -0.4 is 0 Å². The Labute approximate surface area is 112 Å². The van der Waals surface area contributed by atoms with E-state index < -0.39 is 40.1 Å². The second-order valence-electron chi connectivity index (χ2n) is 4.22. The van der Waals surface area contributed by atoms with Crippen molar-refractivity contribution in [3.05, 3.63) is 0 Å². The number of carboxylic acid groups (broad SMARTS) is 1. The number of hydrogen-bond acceptors (Lipinski definition) is 1. The fourth-order valence-electron chi connectivity index (χ4n) is 1.12. The summed E-state index contributed by atoms with van der Waals surface area (Å²) in [6, 6.07) is 0. The number of hydrogen-bond donors (Lipinski definition) is 1. The van der Waals surface area contributed by atoms with Gasteiger partial charge in [-0.3, -0.25) is 0 Å². The predicted molar refractivity (Wildman–Crippen MR) is 60.8 cm³/mol. The average molecular weight is 316 g/mol. The molecule has 17 heavy (non-hydrogen) atoms. The minimum Gasteiger partial charge on any atom is -0.479 e. The molecule has 0 saturated carbocycles. The minimum absolute atomic E-state index is 0.452. The van der Waals surface area contributed by atoms with Crippen molar-refractivity contribution < 1.29 is 23.1 Å². The Morgan fingerprint density at radius 2 is 1.71 bits per heavy atom. The van der Waals surface area contributed by atoms with Crippen LogP contribution in [0.5, 0.6) is 0 Å². The van der Waals surface area contributed by atoms with Gasteiger partial charge in [0.1, 0.15) is 0 Å². The average Bonchev–Trinajstić information content (AvgIpc) is 2.12. The van der Waals surface area contributed by atoms with Crippen molar-refractivity contribution in [2.75, 3.05) is 0 Å². The topological polar surface area (TPSA) is 37.3 Å². The third-order valence-corrected chi connectivity index (χ3v) is 4.60. The van der Waals surface area contributed by atoms with E-state index in [4.69, 9.17) is 39.9 Å². The van der Waals surface area contributed by atoms with E-state index in [0.717, 1.165) is 0 Å². The highest BCUT2D eigenvalue weighted by Crippen LogP contribution is 2.47. The standard InChI is InChI=1S/C9H12Cl3F3O2/c1-7(2,9(11,12)6(16)17)5(10)3-4-8(13,14)15/h5H,3-4H2,1-2H3,(H,16,17). The van der Waals surface area contributed by atoms with Gasteiger partial charge in [-0.05, 0) is 6.42 Å². The molecule has 8 heteroatoms. The molecule has 102 valence electrons. The van der Waals surface area contributed by atoms with Crippen LogP contribution in [0.2, 0.25) is 0 Å². The monoisotopic (exact) mass is 314 g/mol. The van der Waals surface area contributed by atoms with Gasteiger partial charge >= 0.3 is 12.1 Å². The first-order chi connectivity index (χ1) is 7.32. The molecule has 0 aromatic rings. The second kappa shape index (κ2) is 5.41. The zero-order valence-electron chi connectivity index (χ0n) is 9.11. The molecule has 0 bridgehead atoms. The van der Waals surface area contributed by atoms with Crippen molar-refractivity contribution in [1.29, 1.82) is 0 Å². The summed E-state index contributed by atoms with van der Waals surface area (Å²) in [6.45, 7) is 2.63. The van der Waals surface area contributed by atoms with Gasteiger partial charge < -0.3 is 5.11 Å². The van der Waals surface area contributed by atoms with E-state index in [1.165, 1.54) is 13.8 Å². The first-order valence-corrected chi connectivity index (χ1v) is 5.83. The molecule has 0 aliphatic carbocycles. The highest BCUT2D eigenvalue weighted by molar-refractivity contribution is 6.58. The molecule has 0 radical (unpaired) electrons. The van der Waals surface area contributed by atoms with E-state index in [-0.39, 0.29) is 0 Å². The number of aliphatic carboxylic acids is 1. The summed E-state index contributed by atoms with van der Waals surface area (Å²) in [5.41, 5.74) is -1.41. The van der Waals surface area contributed by atoms with Crippen molar-refractivity contribution in [3.8, 4) is 0 Å². The van der Waals surface area contributed by atoms with Crippen molar-refractivity contribution >= 4 is 40.8 Å². The number of rotatable bonds is 5. The molecule has 0 amide bonds. The number of alkyl halides is 6. The molecule has 2 nitrogen and oxygen atoms in total. The van der Waals surface area contributed by atoms with Gasteiger partial charge in [-0.15, -0.1) is 11.6 Å². The second-order valence-corrected chi connectivity index (χ2v) is 6.08. The predicted octanol–water partition coefficient (Wildman–Crippen LogP) is 4.22. The van der Waals surface area contributed by atoms with E-state index >= 15 is 0 Å². The van der Waals surface area contributed by atoms with E-state index in [1.54, 1.807) is 0 Å². The van der Waals surface area contributed by atoms with Crippen molar-refractivity contribution in [1.82, 2.24) is 0 Å². The Morgan fingerprint density at radius 1 is 1.29 bits per heavy atom. The Bertz CT molecular complexity index is 290. The fraction of sp³-hybridized carbons (Fsp3) is 0.889. The molecule has 0 heterocycles. The van der Waals surface area contributed by atoms with Crippen LogP contribution in [-0.4, -0.2) is 27.0 Å². The lowest BCUT2D eigenvalue weighted by molar-refractivity contribution is -0.141. The summed E-state index contributed by atoms with van der Waals surface area (Å²) in [7, 11) is 0. The molecule has 1 unspecified atom stereocenters. The Hall–Kier alpha value is 0.130. The molecule has 0 fully saturated rings. The molecule has 0 spiro atoms. The van der Waals surface area contributed by atoms with Gasteiger partial charge in [0.15, 0.2) is 0 Å². The molecule has 1 atom stereocenters. The first kappa shape index (κ1) is 17.1. The molecule has 0 saturated heterocycles. The minimum atomic E-state index is -4.35. The van der Waals surface area contributed by atoms with Crippen LogP contribution in [-0.2, 0) is 4.79 Å². The number of carboxylic acids is 1. The smallest absolute Gasteiger partial charge is 0.389 e. The number of halogens is 6. The lowest BCUT2D eigenvalue weighted by atomic mass is 9.82. The molecule has 1 N–H and O–H groups in total. The van der Waals surface area contributed by atoms with Crippen molar-refractivity contribution in [3.63, 3.8) is 0 Å². The van der Waals surface area contributed by atoms with Gasteiger partial charge in [-0.1, -0.05) is 37.0 Å².